The van der Waals surface area contributed by atoms with E-state index in [-0.39, 0.29) is 29.6 Å². The molecule has 7 heteroatoms. The number of amidine groups is 1. The van der Waals surface area contributed by atoms with Gasteiger partial charge in [-0.25, -0.2) is 0 Å². The molecule has 0 aliphatic heterocycles. The number of nitrogens with zero attached hydrogens (tertiary/aromatic N) is 1. The number of carboxylic acid groups (broad SMARTS) is 1. The minimum absolute atomic E-state index is 0. The van der Waals surface area contributed by atoms with Gasteiger partial charge in [0.15, 0.2) is 0 Å². The van der Waals surface area contributed by atoms with Crippen LogP contribution in [-0.2, 0) is 10.3 Å². The van der Waals surface area contributed by atoms with Crippen molar-refractivity contribution in [2.24, 2.45) is 11.7 Å². The number of nitrogens with two attached hydrogens (primary N) is 1. The van der Waals surface area contributed by atoms with Gasteiger partial charge in [-0.05, 0) is 37.2 Å². The van der Waals surface area contributed by atoms with E-state index in [1.807, 2.05) is 38.1 Å². The molecule has 0 bridgehead atoms. The highest BCUT2D eigenvalue weighted by Crippen LogP contribution is 2.39. The van der Waals surface area contributed by atoms with Crippen molar-refractivity contribution in [1.29, 1.82) is 5.41 Å². The number of hydrogen-bond donors (Lipinski definition) is 3. The van der Waals surface area contributed by atoms with Crippen molar-refractivity contribution in [3.63, 3.8) is 0 Å². The lowest BCUT2D eigenvalue weighted by Crippen LogP contribution is -2.46. The third kappa shape index (κ3) is 4.46. The predicted octanol–water partition coefficient (Wildman–Crippen LogP) is 2.25. The second kappa shape index (κ2) is 9.57. The second-order valence-electron chi connectivity index (χ2n) is 6.55. The van der Waals surface area contributed by atoms with Crippen LogP contribution in [0.2, 0.25) is 0 Å². The largest absolute Gasteiger partial charge is 0.545 e. The number of rotatable bonds is 7. The molecule has 1 aromatic carbocycles. The monoisotopic (exact) mass is 404 g/mol. The Morgan fingerprint density at radius 3 is 2.46 bits per heavy atom. The Morgan fingerprint density at radius 2 is 1.96 bits per heavy atom. The third-order valence-corrected chi connectivity index (χ3v) is 4.95. The van der Waals surface area contributed by atoms with E-state index in [9.17, 15) is 15.0 Å². The van der Waals surface area contributed by atoms with E-state index in [1.165, 1.54) is 13.0 Å². The van der Waals surface area contributed by atoms with Crippen molar-refractivity contribution in [2.75, 3.05) is 13.1 Å². The molecular formula is C21H27ClN3O3-. The van der Waals surface area contributed by atoms with Gasteiger partial charge in [-0.3, -0.25) is 10.3 Å². The number of halogens is 1. The maximum Gasteiger partial charge on any atom is 0.123 e. The molecule has 1 aliphatic carbocycles. The van der Waals surface area contributed by atoms with Crippen molar-refractivity contribution in [3.8, 4) is 0 Å². The zero-order valence-corrected chi connectivity index (χ0v) is 17.1. The molecule has 0 aromatic heterocycles. The molecule has 1 aromatic rings. The summed E-state index contributed by atoms with van der Waals surface area (Å²) in [5.41, 5.74) is 6.47. The smallest absolute Gasteiger partial charge is 0.123 e. The lowest BCUT2D eigenvalue weighted by Gasteiger charge is -2.42. The summed E-state index contributed by atoms with van der Waals surface area (Å²) < 4.78 is 0. The quantitative estimate of drug-likeness (QED) is 0.279. The molecule has 4 N–H and O–H groups in total. The van der Waals surface area contributed by atoms with Gasteiger partial charge in [-0.15, -0.1) is 12.4 Å². The third-order valence-electron chi connectivity index (χ3n) is 4.95. The number of allylic oxidation sites excluding steroid dienone is 1. The molecule has 2 rings (SSSR count). The van der Waals surface area contributed by atoms with E-state index in [1.54, 1.807) is 18.2 Å². The van der Waals surface area contributed by atoms with Crippen LogP contribution in [0.5, 0.6) is 0 Å². The maximum atomic E-state index is 11.0. The molecule has 28 heavy (non-hydrogen) atoms. The van der Waals surface area contributed by atoms with Gasteiger partial charge in [0, 0.05) is 5.56 Å². The van der Waals surface area contributed by atoms with Crippen LogP contribution < -0.4 is 10.8 Å². The fraction of sp³-hybridized carbons (Fsp3) is 0.333. The number of aliphatic hydroxyl groups is 1. The summed E-state index contributed by atoms with van der Waals surface area (Å²) in [4.78, 5) is 13.1. The Labute approximate surface area is 172 Å². The molecule has 0 saturated carbocycles. The lowest BCUT2D eigenvalue weighted by molar-refractivity contribution is -0.299. The topological polar surface area (TPSA) is 113 Å². The van der Waals surface area contributed by atoms with E-state index in [0.29, 0.717) is 18.7 Å². The molecule has 0 fully saturated rings. The minimum atomic E-state index is -1.27. The molecule has 6 nitrogen and oxygen atoms in total. The molecule has 0 spiro atoms. The first-order valence-corrected chi connectivity index (χ1v) is 8.96. The van der Waals surface area contributed by atoms with Crippen LogP contribution in [0.1, 0.15) is 31.9 Å². The summed E-state index contributed by atoms with van der Waals surface area (Å²) in [6.07, 6.45) is 6.88. The highest BCUT2D eigenvalue weighted by atomic mass is 35.5. The van der Waals surface area contributed by atoms with Crippen molar-refractivity contribution < 1.29 is 15.0 Å². The van der Waals surface area contributed by atoms with E-state index < -0.39 is 17.4 Å². The van der Waals surface area contributed by atoms with Gasteiger partial charge in [0.1, 0.15) is 11.6 Å². The second-order valence-corrected chi connectivity index (χ2v) is 6.55. The average Bonchev–Trinajstić information content (AvgIpc) is 2.64. The van der Waals surface area contributed by atoms with E-state index in [0.717, 1.165) is 5.56 Å². The summed E-state index contributed by atoms with van der Waals surface area (Å²) in [5.74, 6) is -1.81. The maximum absolute atomic E-state index is 11.0. The number of benzene rings is 1. The number of aliphatic hydroxyl groups excluding tert-OH is 1. The first-order valence-electron chi connectivity index (χ1n) is 8.96. The van der Waals surface area contributed by atoms with Crippen LogP contribution in [0, 0.1) is 11.3 Å². The molecule has 0 radical (unpaired) electrons. The standard InChI is InChI=1S/C21H27N3O3.ClH/c1-4-24(5-2)21(17-9-7-6-8-16(17)19(22)23)11-10-15(18(25)13-21)12-14(3)20(26)27;/h6-13,15,25H,4-5H2,1-3H3,(H3,22,23)(H,26,27);1H/p-1/b14-12+;. The Kier molecular flexibility index (Phi) is 8.02. The van der Waals surface area contributed by atoms with Crippen molar-refractivity contribution in [3.05, 3.63) is 71.0 Å². The fourth-order valence-corrected chi connectivity index (χ4v) is 3.55. The summed E-state index contributed by atoms with van der Waals surface area (Å²) in [6.45, 7) is 6.89. The SMILES string of the molecule is CCN(CC)C1(c2ccccc2C(=N)N)C=CC(/C=C(\C)C(=O)[O-])C(O)=C1.Cl. The zero-order chi connectivity index (χ0) is 20.2. The number of hydrogen-bond acceptors (Lipinski definition) is 5. The van der Waals surface area contributed by atoms with E-state index in [4.69, 9.17) is 11.1 Å². The Morgan fingerprint density at radius 1 is 1.36 bits per heavy atom. The Balaban J connectivity index is 0.00000392. The molecule has 2 atom stereocenters. The average molecular weight is 405 g/mol. The van der Waals surface area contributed by atoms with Crippen LogP contribution in [0.25, 0.3) is 0 Å². The molecule has 2 unspecified atom stereocenters. The Hall–Kier alpha value is -2.57. The summed E-state index contributed by atoms with van der Waals surface area (Å²) >= 11 is 0. The molecule has 0 amide bonds. The van der Waals surface area contributed by atoms with Crippen molar-refractivity contribution >= 4 is 24.2 Å². The van der Waals surface area contributed by atoms with Crippen molar-refractivity contribution in [1.82, 2.24) is 4.90 Å². The van der Waals surface area contributed by atoms with Crippen LogP contribution >= 0.6 is 12.4 Å². The van der Waals surface area contributed by atoms with Crippen LogP contribution in [0.4, 0.5) is 0 Å². The van der Waals surface area contributed by atoms with Gasteiger partial charge in [0.05, 0.1) is 17.4 Å². The van der Waals surface area contributed by atoms with Gasteiger partial charge in [-0.1, -0.05) is 56.3 Å². The van der Waals surface area contributed by atoms with Gasteiger partial charge in [-0.2, -0.15) is 0 Å². The van der Waals surface area contributed by atoms with Crippen LogP contribution in [0.3, 0.4) is 0 Å². The summed E-state index contributed by atoms with van der Waals surface area (Å²) in [7, 11) is 0. The number of nitrogen functional groups attached to an aromatic ring is 1. The lowest BCUT2D eigenvalue weighted by atomic mass is 9.78. The normalized spacial score (nSPS) is 21.8. The molecule has 152 valence electrons. The van der Waals surface area contributed by atoms with E-state index >= 15 is 0 Å². The molecule has 0 saturated heterocycles. The first-order chi connectivity index (χ1) is 12.8. The van der Waals surface area contributed by atoms with Gasteiger partial charge < -0.3 is 20.7 Å². The van der Waals surface area contributed by atoms with E-state index in [2.05, 4.69) is 4.90 Å². The number of nitrogens with one attached hydrogen (secondary N) is 1. The van der Waals surface area contributed by atoms with Gasteiger partial charge in [0.2, 0.25) is 0 Å². The number of carboxylic acids is 1. The number of aliphatic carboxylic acids is 1. The zero-order valence-electron chi connectivity index (χ0n) is 16.3. The van der Waals surface area contributed by atoms with Crippen LogP contribution in [0.15, 0.2) is 59.9 Å². The summed E-state index contributed by atoms with van der Waals surface area (Å²) in [5, 5.41) is 29.6. The predicted molar refractivity (Wildman–Crippen MR) is 111 cm³/mol. The number of carbonyl (C=O) groups excluding carboxylic acids is 1. The van der Waals surface area contributed by atoms with Gasteiger partial charge >= 0.3 is 0 Å². The Bertz CT molecular complexity index is 828. The van der Waals surface area contributed by atoms with Crippen LogP contribution in [-0.4, -0.2) is 34.9 Å². The highest BCUT2D eigenvalue weighted by molar-refractivity contribution is 5.97. The minimum Gasteiger partial charge on any atom is -0.545 e. The number of carbonyl (C=O) groups is 1. The molecule has 1 aliphatic rings. The van der Waals surface area contributed by atoms with Gasteiger partial charge in [0.25, 0.3) is 0 Å². The fourth-order valence-electron chi connectivity index (χ4n) is 3.55. The number of likely N-dealkylation sites (N-methyl/N-ethyl adjacent to an activating group) is 1. The molecular weight excluding hydrogens is 378 g/mol. The first kappa shape index (κ1) is 23.5. The van der Waals surface area contributed by atoms with Crippen molar-refractivity contribution in [2.45, 2.75) is 26.3 Å². The molecule has 0 heterocycles. The highest BCUT2D eigenvalue weighted by Gasteiger charge is 2.38. The summed E-state index contributed by atoms with van der Waals surface area (Å²) in [6, 6.07) is 7.37.